The van der Waals surface area contributed by atoms with E-state index in [0.717, 1.165) is 34.1 Å². The van der Waals surface area contributed by atoms with Gasteiger partial charge in [0.1, 0.15) is 5.03 Å². The van der Waals surface area contributed by atoms with Gasteiger partial charge in [0.05, 0.1) is 0 Å². The normalized spacial score (nSPS) is 10.9. The summed E-state index contributed by atoms with van der Waals surface area (Å²) < 4.78 is 1.51. The van der Waals surface area contributed by atoms with Gasteiger partial charge in [-0.15, -0.1) is 10.2 Å². The number of aromatic nitrogens is 6. The van der Waals surface area contributed by atoms with Crippen LogP contribution in [0.1, 0.15) is 24.0 Å². The maximum Gasteiger partial charge on any atom is 0.216 e. The highest BCUT2D eigenvalue weighted by Gasteiger charge is 2.15. The minimum Gasteiger partial charge on any atom is -0.336 e. The summed E-state index contributed by atoms with van der Waals surface area (Å²) >= 11 is 1.39. The average molecular weight is 327 g/mol. The van der Waals surface area contributed by atoms with Crippen LogP contribution in [0.25, 0.3) is 11.4 Å². The smallest absolute Gasteiger partial charge is 0.216 e. The van der Waals surface area contributed by atoms with Crippen molar-refractivity contribution in [1.29, 1.82) is 0 Å². The van der Waals surface area contributed by atoms with E-state index in [2.05, 4.69) is 25.1 Å². The zero-order valence-corrected chi connectivity index (χ0v) is 14.0. The molecule has 23 heavy (non-hydrogen) atoms. The summed E-state index contributed by atoms with van der Waals surface area (Å²) in [6.45, 7) is 5.94. The van der Waals surface area contributed by atoms with Gasteiger partial charge in [-0.05, 0) is 37.7 Å². The molecule has 0 unspecified atom stereocenters. The molecule has 0 saturated heterocycles. The summed E-state index contributed by atoms with van der Waals surface area (Å²) in [6, 6.07) is 3.80. The Labute approximate surface area is 138 Å². The average Bonchev–Trinajstić information content (AvgIpc) is 2.92. The molecule has 7 nitrogen and oxygen atoms in total. The third-order valence-corrected chi connectivity index (χ3v) is 4.56. The molecule has 0 aliphatic carbocycles. The molecule has 0 aliphatic rings. The van der Waals surface area contributed by atoms with Gasteiger partial charge in [-0.25, -0.2) is 14.6 Å². The Morgan fingerprint density at radius 1 is 1.22 bits per heavy atom. The molecule has 0 amide bonds. The number of hydrogen-bond donors (Lipinski definition) is 1. The van der Waals surface area contributed by atoms with Gasteiger partial charge >= 0.3 is 0 Å². The minimum absolute atomic E-state index is 0.611. The van der Waals surface area contributed by atoms with E-state index in [4.69, 9.17) is 5.84 Å². The standard InChI is InChI=1S/C15H17N7S/c1-4-12-20-21-15(22(12)16)23-14-9(2)10(3)18-13(19-14)11-6-5-7-17-8-11/h5-8H,4,16H2,1-3H3. The van der Waals surface area contributed by atoms with Crippen LogP contribution in [0.3, 0.4) is 0 Å². The van der Waals surface area contributed by atoms with Crippen LogP contribution in [0.5, 0.6) is 0 Å². The Kier molecular flexibility index (Phi) is 4.24. The highest BCUT2D eigenvalue weighted by Crippen LogP contribution is 2.29. The van der Waals surface area contributed by atoms with Gasteiger partial charge in [-0.1, -0.05) is 6.92 Å². The lowest BCUT2D eigenvalue weighted by Crippen LogP contribution is -2.13. The molecular formula is C15H17N7S. The van der Waals surface area contributed by atoms with Gasteiger partial charge in [-0.2, -0.15) is 0 Å². The van der Waals surface area contributed by atoms with Crippen LogP contribution in [-0.4, -0.2) is 29.8 Å². The van der Waals surface area contributed by atoms with Crippen LogP contribution in [0.15, 0.2) is 34.7 Å². The Balaban J connectivity index is 2.01. The van der Waals surface area contributed by atoms with Gasteiger partial charge in [0.2, 0.25) is 5.16 Å². The molecule has 3 heterocycles. The molecule has 0 saturated carbocycles. The summed E-state index contributed by atoms with van der Waals surface area (Å²) in [7, 11) is 0. The van der Waals surface area contributed by atoms with E-state index in [1.807, 2.05) is 32.9 Å². The first-order valence-electron chi connectivity index (χ1n) is 7.23. The van der Waals surface area contributed by atoms with E-state index in [1.54, 1.807) is 12.4 Å². The van der Waals surface area contributed by atoms with Crippen LogP contribution in [0.4, 0.5) is 0 Å². The molecule has 0 bridgehead atoms. The minimum atomic E-state index is 0.611. The fourth-order valence-corrected chi connectivity index (χ4v) is 2.92. The van der Waals surface area contributed by atoms with Crippen LogP contribution in [0.2, 0.25) is 0 Å². The third-order valence-electron chi connectivity index (χ3n) is 3.50. The fourth-order valence-electron chi connectivity index (χ4n) is 2.03. The Bertz CT molecular complexity index is 829. The van der Waals surface area contributed by atoms with Crippen molar-refractivity contribution in [2.75, 3.05) is 5.84 Å². The molecule has 3 aromatic rings. The van der Waals surface area contributed by atoms with Gasteiger partial charge < -0.3 is 5.84 Å². The van der Waals surface area contributed by atoms with E-state index in [9.17, 15) is 0 Å². The first kappa shape index (κ1) is 15.4. The van der Waals surface area contributed by atoms with E-state index in [1.165, 1.54) is 16.4 Å². The highest BCUT2D eigenvalue weighted by atomic mass is 32.2. The van der Waals surface area contributed by atoms with Crippen molar-refractivity contribution >= 4 is 11.8 Å². The maximum absolute atomic E-state index is 6.02. The van der Waals surface area contributed by atoms with Gasteiger partial charge in [-0.3, -0.25) is 4.98 Å². The number of aryl methyl sites for hydroxylation is 2. The van der Waals surface area contributed by atoms with Crippen LogP contribution >= 0.6 is 11.8 Å². The molecule has 0 aliphatic heterocycles. The molecular weight excluding hydrogens is 310 g/mol. The Hall–Kier alpha value is -2.48. The molecule has 0 atom stereocenters. The van der Waals surface area contributed by atoms with Gasteiger partial charge in [0.25, 0.3) is 0 Å². The van der Waals surface area contributed by atoms with Gasteiger partial charge in [0, 0.05) is 35.6 Å². The lowest BCUT2D eigenvalue weighted by Gasteiger charge is -2.09. The van der Waals surface area contributed by atoms with E-state index in [0.29, 0.717) is 11.0 Å². The first-order valence-corrected chi connectivity index (χ1v) is 8.04. The molecule has 0 fully saturated rings. The number of hydrogen-bond acceptors (Lipinski definition) is 7. The molecule has 0 aromatic carbocycles. The number of nitrogens with two attached hydrogens (primary N) is 1. The number of nitrogens with zero attached hydrogens (tertiary/aromatic N) is 6. The van der Waals surface area contributed by atoms with Crippen molar-refractivity contribution in [3.05, 3.63) is 41.6 Å². The van der Waals surface area contributed by atoms with Crippen molar-refractivity contribution in [3.63, 3.8) is 0 Å². The summed E-state index contributed by atoms with van der Waals surface area (Å²) in [4.78, 5) is 13.3. The topological polar surface area (TPSA) is 95.4 Å². The monoisotopic (exact) mass is 327 g/mol. The number of pyridine rings is 1. The lowest BCUT2D eigenvalue weighted by molar-refractivity contribution is 0.794. The quantitative estimate of drug-likeness (QED) is 0.579. The van der Waals surface area contributed by atoms with E-state index < -0.39 is 0 Å². The SMILES string of the molecule is CCc1nnc(Sc2nc(-c3cccnc3)nc(C)c2C)n1N. The zero-order valence-electron chi connectivity index (χ0n) is 13.2. The zero-order chi connectivity index (χ0) is 16.4. The molecule has 3 rings (SSSR count). The molecule has 3 aromatic heterocycles. The second-order valence-corrected chi connectivity index (χ2v) is 5.98. The molecule has 0 radical (unpaired) electrons. The van der Waals surface area contributed by atoms with Crippen molar-refractivity contribution in [1.82, 2.24) is 29.8 Å². The summed E-state index contributed by atoms with van der Waals surface area (Å²) in [5.74, 6) is 7.40. The summed E-state index contributed by atoms with van der Waals surface area (Å²) in [5.41, 5.74) is 2.80. The van der Waals surface area contributed by atoms with E-state index in [-0.39, 0.29) is 0 Å². The highest BCUT2D eigenvalue weighted by molar-refractivity contribution is 7.99. The molecule has 2 N–H and O–H groups in total. The van der Waals surface area contributed by atoms with Crippen LogP contribution in [0, 0.1) is 13.8 Å². The number of rotatable bonds is 4. The van der Waals surface area contributed by atoms with E-state index >= 15 is 0 Å². The molecule has 118 valence electrons. The lowest BCUT2D eigenvalue weighted by atomic mass is 10.2. The van der Waals surface area contributed by atoms with Crippen molar-refractivity contribution in [3.8, 4) is 11.4 Å². The van der Waals surface area contributed by atoms with Crippen molar-refractivity contribution in [2.45, 2.75) is 37.4 Å². The molecule has 8 heteroatoms. The van der Waals surface area contributed by atoms with Crippen LogP contribution in [-0.2, 0) is 6.42 Å². The number of nitrogen functional groups attached to an aromatic ring is 1. The predicted octanol–water partition coefficient (Wildman–Crippen LogP) is 2.17. The summed E-state index contributed by atoms with van der Waals surface area (Å²) in [6.07, 6.45) is 4.20. The Morgan fingerprint density at radius 2 is 2.04 bits per heavy atom. The van der Waals surface area contributed by atoms with Crippen molar-refractivity contribution < 1.29 is 0 Å². The first-order chi connectivity index (χ1) is 11.1. The Morgan fingerprint density at radius 3 is 2.70 bits per heavy atom. The molecule has 0 spiro atoms. The predicted molar refractivity (Wildman–Crippen MR) is 88.4 cm³/mol. The fraction of sp³-hybridized carbons (Fsp3) is 0.267. The third kappa shape index (κ3) is 3.02. The maximum atomic E-state index is 6.02. The van der Waals surface area contributed by atoms with Gasteiger partial charge in [0.15, 0.2) is 11.6 Å². The van der Waals surface area contributed by atoms with Crippen LogP contribution < -0.4 is 5.84 Å². The second-order valence-electron chi connectivity index (χ2n) is 5.03. The second kappa shape index (κ2) is 6.33. The largest absolute Gasteiger partial charge is 0.336 e. The summed E-state index contributed by atoms with van der Waals surface area (Å²) in [5, 5.41) is 9.64. The van der Waals surface area contributed by atoms with Crippen molar-refractivity contribution in [2.24, 2.45) is 0 Å².